The summed E-state index contributed by atoms with van der Waals surface area (Å²) in [6.45, 7) is 8.14. The van der Waals surface area contributed by atoms with Crippen molar-refractivity contribution in [2.24, 2.45) is 0 Å². The van der Waals surface area contributed by atoms with Crippen LogP contribution in [-0.2, 0) is 13.1 Å². The highest BCUT2D eigenvalue weighted by atomic mass is 16.3. The van der Waals surface area contributed by atoms with Gasteiger partial charge in [0.2, 0.25) is 0 Å². The largest absolute Gasteiger partial charge is 0.508 e. The van der Waals surface area contributed by atoms with Gasteiger partial charge in [0.15, 0.2) is 0 Å². The van der Waals surface area contributed by atoms with Crippen LogP contribution in [0.5, 0.6) is 5.75 Å². The lowest BCUT2D eigenvalue weighted by molar-refractivity contribution is 0.475. The first kappa shape index (κ1) is 13.6. The molecule has 100 valence electrons. The summed E-state index contributed by atoms with van der Waals surface area (Å²) in [6.07, 6.45) is 0. The van der Waals surface area contributed by atoms with Gasteiger partial charge in [0.05, 0.1) is 0 Å². The second-order valence-electron chi connectivity index (χ2n) is 5.13. The van der Waals surface area contributed by atoms with Crippen molar-refractivity contribution in [2.45, 2.75) is 33.9 Å². The Kier molecular flexibility index (Phi) is 4.23. The fraction of sp³-hybridized carbons (Fsp3) is 0.294. The fourth-order valence-electron chi connectivity index (χ4n) is 2.17. The minimum absolute atomic E-state index is 0.314. The topological polar surface area (TPSA) is 32.3 Å². The zero-order valence-corrected chi connectivity index (χ0v) is 11.8. The third kappa shape index (κ3) is 3.58. The fourth-order valence-corrected chi connectivity index (χ4v) is 2.17. The Morgan fingerprint density at radius 1 is 0.842 bits per heavy atom. The van der Waals surface area contributed by atoms with Crippen molar-refractivity contribution >= 4 is 0 Å². The van der Waals surface area contributed by atoms with Gasteiger partial charge in [-0.15, -0.1) is 0 Å². The number of aryl methyl sites for hydroxylation is 3. The van der Waals surface area contributed by atoms with Gasteiger partial charge in [0.25, 0.3) is 0 Å². The van der Waals surface area contributed by atoms with Crippen LogP contribution in [-0.4, -0.2) is 5.11 Å². The van der Waals surface area contributed by atoms with Gasteiger partial charge >= 0.3 is 0 Å². The van der Waals surface area contributed by atoms with Gasteiger partial charge in [0.1, 0.15) is 5.75 Å². The molecule has 0 aliphatic rings. The lowest BCUT2D eigenvalue weighted by atomic mass is 10.0. The molecule has 19 heavy (non-hydrogen) atoms. The standard InChI is InChI=1S/C17H21NO/c1-12-8-14(3)16(9-13(12)2)11-18-10-15-4-6-17(19)7-5-15/h4-9,18-19H,10-11H2,1-3H3. The highest BCUT2D eigenvalue weighted by molar-refractivity contribution is 5.36. The van der Waals surface area contributed by atoms with Gasteiger partial charge in [-0.25, -0.2) is 0 Å². The molecular formula is C17H21NO. The molecule has 2 N–H and O–H groups in total. The molecule has 0 unspecified atom stereocenters. The highest BCUT2D eigenvalue weighted by Gasteiger charge is 2.02. The predicted octanol–water partition coefficient (Wildman–Crippen LogP) is 3.61. The normalized spacial score (nSPS) is 10.7. The summed E-state index contributed by atoms with van der Waals surface area (Å²) in [6, 6.07) is 11.8. The third-order valence-electron chi connectivity index (χ3n) is 3.53. The van der Waals surface area contributed by atoms with E-state index in [2.05, 4.69) is 38.2 Å². The van der Waals surface area contributed by atoms with Gasteiger partial charge in [-0.1, -0.05) is 24.3 Å². The maximum atomic E-state index is 9.23. The zero-order chi connectivity index (χ0) is 13.8. The molecule has 0 fully saturated rings. The summed E-state index contributed by atoms with van der Waals surface area (Å²) in [5, 5.41) is 12.7. The Labute approximate surface area is 115 Å². The molecule has 0 amide bonds. The molecule has 2 aromatic rings. The van der Waals surface area contributed by atoms with Crippen molar-refractivity contribution in [3.8, 4) is 5.75 Å². The molecular weight excluding hydrogens is 234 g/mol. The molecule has 0 spiro atoms. The maximum absolute atomic E-state index is 9.23. The van der Waals surface area contributed by atoms with E-state index in [1.165, 1.54) is 27.8 Å². The lowest BCUT2D eigenvalue weighted by Crippen LogP contribution is -2.13. The van der Waals surface area contributed by atoms with Gasteiger partial charge in [-0.05, 0) is 60.7 Å². The van der Waals surface area contributed by atoms with E-state index >= 15 is 0 Å². The van der Waals surface area contributed by atoms with Crippen molar-refractivity contribution in [2.75, 3.05) is 0 Å². The van der Waals surface area contributed by atoms with E-state index < -0.39 is 0 Å². The van der Waals surface area contributed by atoms with Crippen LogP contribution in [0.1, 0.15) is 27.8 Å². The number of aromatic hydroxyl groups is 1. The summed E-state index contributed by atoms with van der Waals surface area (Å²) >= 11 is 0. The van der Waals surface area contributed by atoms with Crippen molar-refractivity contribution in [1.82, 2.24) is 5.32 Å². The number of hydrogen-bond acceptors (Lipinski definition) is 2. The first-order valence-electron chi connectivity index (χ1n) is 6.61. The first-order valence-corrected chi connectivity index (χ1v) is 6.61. The molecule has 0 bridgehead atoms. The van der Waals surface area contributed by atoms with Crippen molar-refractivity contribution in [1.29, 1.82) is 0 Å². The second-order valence-corrected chi connectivity index (χ2v) is 5.13. The Morgan fingerprint density at radius 2 is 1.47 bits per heavy atom. The molecule has 0 aliphatic carbocycles. The molecule has 0 radical (unpaired) electrons. The number of hydrogen-bond donors (Lipinski definition) is 2. The molecule has 0 aromatic heterocycles. The van der Waals surface area contributed by atoms with Crippen LogP contribution in [0.15, 0.2) is 36.4 Å². The van der Waals surface area contributed by atoms with Gasteiger partial charge in [-0.3, -0.25) is 0 Å². The molecule has 2 nitrogen and oxygen atoms in total. The van der Waals surface area contributed by atoms with Crippen LogP contribution in [0, 0.1) is 20.8 Å². The molecule has 0 heterocycles. The quantitative estimate of drug-likeness (QED) is 0.874. The molecule has 2 heteroatoms. The van der Waals surface area contributed by atoms with E-state index in [9.17, 15) is 5.11 Å². The Balaban J connectivity index is 1.96. The monoisotopic (exact) mass is 255 g/mol. The summed E-state index contributed by atoms with van der Waals surface area (Å²) in [7, 11) is 0. The summed E-state index contributed by atoms with van der Waals surface area (Å²) in [4.78, 5) is 0. The van der Waals surface area contributed by atoms with Crippen molar-refractivity contribution in [3.05, 3.63) is 64.2 Å². The average molecular weight is 255 g/mol. The van der Waals surface area contributed by atoms with E-state index in [0.29, 0.717) is 5.75 Å². The van der Waals surface area contributed by atoms with E-state index in [-0.39, 0.29) is 0 Å². The number of rotatable bonds is 4. The van der Waals surface area contributed by atoms with Crippen LogP contribution in [0.3, 0.4) is 0 Å². The number of benzene rings is 2. The lowest BCUT2D eigenvalue weighted by Gasteiger charge is -2.11. The van der Waals surface area contributed by atoms with E-state index in [4.69, 9.17) is 0 Å². The van der Waals surface area contributed by atoms with Gasteiger partial charge in [0, 0.05) is 13.1 Å². The Bertz CT molecular complexity index is 558. The van der Waals surface area contributed by atoms with E-state index in [1.807, 2.05) is 12.1 Å². The predicted molar refractivity (Wildman–Crippen MR) is 79.3 cm³/mol. The number of phenolic OH excluding ortho intramolecular Hbond substituents is 1. The smallest absolute Gasteiger partial charge is 0.115 e. The molecule has 0 saturated heterocycles. The van der Waals surface area contributed by atoms with Crippen molar-refractivity contribution < 1.29 is 5.11 Å². The van der Waals surface area contributed by atoms with Gasteiger partial charge < -0.3 is 10.4 Å². The molecule has 2 rings (SSSR count). The molecule has 0 aliphatic heterocycles. The Morgan fingerprint density at radius 3 is 2.16 bits per heavy atom. The minimum Gasteiger partial charge on any atom is -0.508 e. The number of nitrogens with one attached hydrogen (secondary N) is 1. The van der Waals surface area contributed by atoms with Crippen LogP contribution in [0.25, 0.3) is 0 Å². The minimum atomic E-state index is 0.314. The van der Waals surface area contributed by atoms with Crippen LogP contribution >= 0.6 is 0 Å². The third-order valence-corrected chi connectivity index (χ3v) is 3.53. The highest BCUT2D eigenvalue weighted by Crippen LogP contribution is 2.15. The molecule has 0 atom stereocenters. The SMILES string of the molecule is Cc1cc(C)c(CNCc2ccc(O)cc2)cc1C. The first-order chi connectivity index (χ1) is 9.06. The van der Waals surface area contributed by atoms with Crippen molar-refractivity contribution in [3.63, 3.8) is 0 Å². The Hall–Kier alpha value is -1.80. The number of phenols is 1. The van der Waals surface area contributed by atoms with Crippen LogP contribution in [0.4, 0.5) is 0 Å². The molecule has 2 aromatic carbocycles. The summed E-state index contributed by atoms with van der Waals surface area (Å²) in [5.41, 5.74) is 6.55. The summed E-state index contributed by atoms with van der Waals surface area (Å²) in [5.74, 6) is 0.314. The summed E-state index contributed by atoms with van der Waals surface area (Å²) < 4.78 is 0. The van der Waals surface area contributed by atoms with E-state index in [1.54, 1.807) is 12.1 Å². The van der Waals surface area contributed by atoms with Gasteiger partial charge in [-0.2, -0.15) is 0 Å². The zero-order valence-electron chi connectivity index (χ0n) is 11.8. The van der Waals surface area contributed by atoms with Crippen LogP contribution in [0.2, 0.25) is 0 Å². The average Bonchev–Trinajstić information content (AvgIpc) is 2.38. The van der Waals surface area contributed by atoms with E-state index in [0.717, 1.165) is 13.1 Å². The molecule has 0 saturated carbocycles. The second kappa shape index (κ2) is 5.89. The maximum Gasteiger partial charge on any atom is 0.115 e. The van der Waals surface area contributed by atoms with Crippen LogP contribution < -0.4 is 5.32 Å².